The third-order valence-electron chi connectivity index (χ3n) is 7.04. The van der Waals surface area contributed by atoms with Gasteiger partial charge in [-0.15, -0.1) is 0 Å². The van der Waals surface area contributed by atoms with Gasteiger partial charge in [-0.3, -0.25) is 0 Å². The zero-order chi connectivity index (χ0) is 24.9. The maximum absolute atomic E-state index is 10.2. The van der Waals surface area contributed by atoms with Crippen molar-refractivity contribution in [2.45, 2.75) is 46.6 Å². The number of allylic oxidation sites excluding steroid dienone is 3. The van der Waals surface area contributed by atoms with Crippen LogP contribution >= 0.6 is 7.26 Å². The van der Waals surface area contributed by atoms with E-state index >= 15 is 0 Å². The van der Waals surface area contributed by atoms with Crippen molar-refractivity contribution < 1.29 is 5.11 Å². The molecule has 1 N–H and O–H groups in total. The van der Waals surface area contributed by atoms with E-state index < -0.39 is 7.26 Å². The zero-order valence-corrected chi connectivity index (χ0v) is 22.2. The quantitative estimate of drug-likeness (QED) is 0.330. The Labute approximate surface area is 212 Å². The number of benzene rings is 3. The molecule has 0 unspecified atom stereocenters. The average Bonchev–Trinajstić information content (AvgIpc) is 2.85. The molecular weight excluding hydrogens is 443 g/mol. The van der Waals surface area contributed by atoms with Crippen LogP contribution in [0.3, 0.4) is 0 Å². The van der Waals surface area contributed by atoms with E-state index in [9.17, 15) is 5.11 Å². The minimum atomic E-state index is -1.90. The minimum Gasteiger partial charge on any atom is -0.393 e. The van der Waals surface area contributed by atoms with Crippen molar-refractivity contribution in [2.24, 2.45) is 5.41 Å². The van der Waals surface area contributed by atoms with E-state index in [0.717, 1.165) is 24.6 Å². The first-order valence-electron chi connectivity index (χ1n) is 12.4. The molecule has 0 radical (unpaired) electrons. The van der Waals surface area contributed by atoms with Crippen LogP contribution in [0.15, 0.2) is 114 Å². The van der Waals surface area contributed by atoms with Crippen LogP contribution in [0.25, 0.3) is 0 Å². The lowest BCUT2D eigenvalue weighted by Crippen LogP contribution is -2.33. The molecule has 4 rings (SSSR count). The molecule has 0 aromatic heterocycles. The van der Waals surface area contributed by atoms with Gasteiger partial charge in [0.2, 0.25) is 0 Å². The number of hydrogen-bond acceptors (Lipinski definition) is 1. The molecule has 0 spiro atoms. The Kier molecular flexibility index (Phi) is 7.76. The first-order valence-corrected chi connectivity index (χ1v) is 14.4. The molecule has 0 saturated carbocycles. The smallest absolute Gasteiger partial charge is 0.116 e. The highest BCUT2D eigenvalue weighted by Crippen LogP contribution is 2.55. The maximum Gasteiger partial charge on any atom is 0.116 e. The molecular formula is C33H36OP+. The third-order valence-corrected chi connectivity index (χ3v) is 11.3. The standard InChI is InChI=1S/C33H36OP/c1-26(20-21-32-27(2)24-28(34)25-33(32,3)4)22-23-35(29-14-8-5-9-15-29,30-16-10-6-11-17-30)31-18-12-7-13-19-31/h5-19,22,28,34H,23-25H2,1-4H3/q+1/b26-22+/t28-/m1/s1. The second-order valence-corrected chi connectivity index (χ2v) is 13.8. The van der Waals surface area contributed by atoms with Crippen LogP contribution in [0.1, 0.15) is 40.5 Å². The van der Waals surface area contributed by atoms with Gasteiger partial charge in [-0.1, -0.05) is 85.9 Å². The normalized spacial score (nSPS) is 18.1. The van der Waals surface area contributed by atoms with E-state index in [1.807, 2.05) is 0 Å². The summed E-state index contributed by atoms with van der Waals surface area (Å²) in [5, 5.41) is 14.4. The molecule has 1 atom stereocenters. The molecule has 0 heterocycles. The molecule has 1 nitrogen and oxygen atoms in total. The summed E-state index contributed by atoms with van der Waals surface area (Å²) in [6.07, 6.45) is 4.49. The second kappa shape index (κ2) is 10.8. The summed E-state index contributed by atoms with van der Waals surface area (Å²) in [4.78, 5) is 0. The van der Waals surface area contributed by atoms with Crippen LogP contribution in [0.5, 0.6) is 0 Å². The van der Waals surface area contributed by atoms with Gasteiger partial charge in [0.15, 0.2) is 0 Å². The van der Waals surface area contributed by atoms with Gasteiger partial charge >= 0.3 is 0 Å². The van der Waals surface area contributed by atoms with Crippen molar-refractivity contribution >= 4 is 23.2 Å². The maximum atomic E-state index is 10.2. The highest BCUT2D eigenvalue weighted by Gasteiger charge is 2.44. The van der Waals surface area contributed by atoms with E-state index in [0.29, 0.717) is 0 Å². The topological polar surface area (TPSA) is 20.2 Å². The SMILES string of the molecule is CC1=C(C#C/C(C)=C/C[P+](c2ccccc2)(c2ccccc2)c2ccccc2)C(C)(C)C[C@H](O)C1. The van der Waals surface area contributed by atoms with Gasteiger partial charge in [-0.25, -0.2) is 0 Å². The minimum absolute atomic E-state index is 0.0933. The Morgan fingerprint density at radius 1 is 0.886 bits per heavy atom. The fourth-order valence-electron chi connectivity index (χ4n) is 5.37. The molecule has 0 aliphatic heterocycles. The van der Waals surface area contributed by atoms with Gasteiger partial charge < -0.3 is 5.11 Å². The zero-order valence-electron chi connectivity index (χ0n) is 21.3. The van der Waals surface area contributed by atoms with Gasteiger partial charge in [0, 0.05) is 11.0 Å². The first-order chi connectivity index (χ1) is 16.8. The monoisotopic (exact) mass is 479 g/mol. The predicted molar refractivity (Wildman–Crippen MR) is 153 cm³/mol. The molecule has 178 valence electrons. The lowest BCUT2D eigenvalue weighted by Gasteiger charge is -2.34. The van der Waals surface area contributed by atoms with Crippen LogP contribution in [0, 0.1) is 17.3 Å². The molecule has 2 heteroatoms. The average molecular weight is 480 g/mol. The molecule has 1 aliphatic rings. The molecule has 1 aliphatic carbocycles. The molecule has 0 bridgehead atoms. The Bertz CT molecular complexity index is 1160. The van der Waals surface area contributed by atoms with Crippen molar-refractivity contribution in [2.75, 3.05) is 6.16 Å². The molecule has 0 amide bonds. The van der Waals surface area contributed by atoms with Gasteiger partial charge in [0.05, 0.1) is 12.3 Å². The van der Waals surface area contributed by atoms with E-state index in [2.05, 4.69) is 137 Å². The highest BCUT2D eigenvalue weighted by molar-refractivity contribution is 7.95. The van der Waals surface area contributed by atoms with E-state index in [-0.39, 0.29) is 11.5 Å². The van der Waals surface area contributed by atoms with Crippen LogP contribution in [-0.4, -0.2) is 17.4 Å². The predicted octanol–water partition coefficient (Wildman–Crippen LogP) is 6.43. The van der Waals surface area contributed by atoms with Gasteiger partial charge in [-0.05, 0) is 74.7 Å². The second-order valence-electron chi connectivity index (χ2n) is 10.2. The van der Waals surface area contributed by atoms with Crippen LogP contribution < -0.4 is 15.9 Å². The van der Waals surface area contributed by atoms with Crippen LogP contribution in [0.4, 0.5) is 0 Å². The van der Waals surface area contributed by atoms with Crippen LogP contribution in [-0.2, 0) is 0 Å². The van der Waals surface area contributed by atoms with E-state index in [1.54, 1.807) is 0 Å². The van der Waals surface area contributed by atoms with E-state index in [1.165, 1.54) is 27.1 Å². The summed E-state index contributed by atoms with van der Waals surface area (Å²) in [5.41, 5.74) is 3.41. The summed E-state index contributed by atoms with van der Waals surface area (Å²) in [7, 11) is -1.90. The largest absolute Gasteiger partial charge is 0.393 e. The van der Waals surface area contributed by atoms with Crippen LogP contribution in [0.2, 0.25) is 0 Å². The molecule has 3 aromatic carbocycles. The number of aliphatic hydroxyl groups excluding tert-OH is 1. The Morgan fingerprint density at radius 2 is 1.34 bits per heavy atom. The number of aliphatic hydroxyl groups is 1. The molecule has 0 fully saturated rings. The number of rotatable bonds is 5. The summed E-state index contributed by atoms with van der Waals surface area (Å²) in [6, 6.07) is 32.9. The summed E-state index contributed by atoms with van der Waals surface area (Å²) >= 11 is 0. The molecule has 35 heavy (non-hydrogen) atoms. The molecule has 3 aromatic rings. The van der Waals surface area contributed by atoms with Crippen molar-refractivity contribution in [1.82, 2.24) is 0 Å². The van der Waals surface area contributed by atoms with Crippen molar-refractivity contribution in [1.29, 1.82) is 0 Å². The summed E-state index contributed by atoms with van der Waals surface area (Å²) in [6.45, 7) is 8.63. The summed E-state index contributed by atoms with van der Waals surface area (Å²) < 4.78 is 0. The fourth-order valence-corrected chi connectivity index (χ4v) is 9.49. The van der Waals surface area contributed by atoms with Crippen molar-refractivity contribution in [3.05, 3.63) is 114 Å². The lowest BCUT2D eigenvalue weighted by atomic mass is 9.72. The highest BCUT2D eigenvalue weighted by atomic mass is 31.2. The molecule has 0 saturated heterocycles. The fraction of sp³-hybridized carbons (Fsp3) is 0.273. The lowest BCUT2D eigenvalue weighted by molar-refractivity contribution is 0.117. The third kappa shape index (κ3) is 5.51. The van der Waals surface area contributed by atoms with Gasteiger partial charge in [0.25, 0.3) is 0 Å². The first kappa shape index (κ1) is 25.2. The Balaban J connectivity index is 1.78. The van der Waals surface area contributed by atoms with Gasteiger partial charge in [0.1, 0.15) is 23.2 Å². The van der Waals surface area contributed by atoms with E-state index in [4.69, 9.17) is 0 Å². The Morgan fingerprint density at radius 3 is 1.77 bits per heavy atom. The Hall–Kier alpha value is -2.91. The van der Waals surface area contributed by atoms with Crippen molar-refractivity contribution in [3.63, 3.8) is 0 Å². The summed E-state index contributed by atoms with van der Waals surface area (Å²) in [5.74, 6) is 6.97. The van der Waals surface area contributed by atoms with Gasteiger partial charge in [-0.2, -0.15) is 0 Å². The number of hydrogen-bond donors (Lipinski definition) is 1. The van der Waals surface area contributed by atoms with Crippen molar-refractivity contribution in [3.8, 4) is 11.8 Å².